The Morgan fingerprint density at radius 2 is 2.75 bits per heavy atom. The van der Waals surface area contributed by atoms with Gasteiger partial charge in [0.05, 0.1) is 6.61 Å². The van der Waals surface area contributed by atoms with E-state index >= 15 is 0 Å². The summed E-state index contributed by atoms with van der Waals surface area (Å²) in [6, 6.07) is 0. The smallest absolute Gasteiger partial charge is 0.420 e. The van der Waals surface area contributed by atoms with Gasteiger partial charge >= 0.3 is 6.47 Å². The van der Waals surface area contributed by atoms with Crippen LogP contribution in [0, 0.1) is 0 Å². The van der Waals surface area contributed by atoms with Crippen molar-refractivity contribution in [1.82, 2.24) is 0 Å². The molecule has 0 aromatic rings. The van der Waals surface area contributed by atoms with E-state index in [1.165, 1.54) is 6.47 Å². The molecule has 0 saturated carbocycles. The highest BCUT2D eigenvalue weighted by Crippen LogP contribution is 2.01. The lowest BCUT2D eigenvalue weighted by Gasteiger charge is -2.01. The highest BCUT2D eigenvalue weighted by Gasteiger charge is 2.07. The molecule has 0 N–H and O–H groups in total. The van der Waals surface area contributed by atoms with Crippen molar-refractivity contribution in [2.45, 2.75) is 6.29 Å². The quantitative estimate of drug-likeness (QED) is 0.472. The molecule has 1 radical (unpaired) electrons. The first kappa shape index (κ1) is 5.31. The Labute approximate surface area is 46.9 Å². The van der Waals surface area contributed by atoms with Gasteiger partial charge in [0.25, 0.3) is 0 Å². The Balaban J connectivity index is 2.25. The SMILES string of the molecule is O=[C]OC1C=CCO1. The number of hydrogen-bond donors (Lipinski definition) is 0. The third-order valence-electron chi connectivity index (χ3n) is 0.814. The average Bonchev–Trinajstić information content (AvgIpc) is 2.19. The second-order valence-corrected chi connectivity index (χ2v) is 1.33. The molecule has 1 aliphatic rings. The van der Waals surface area contributed by atoms with Gasteiger partial charge < -0.3 is 9.47 Å². The first-order valence-electron chi connectivity index (χ1n) is 2.24. The Hall–Kier alpha value is -0.830. The maximum atomic E-state index is 9.50. The zero-order chi connectivity index (χ0) is 5.82. The Bertz CT molecular complexity index is 108. The van der Waals surface area contributed by atoms with Crippen LogP contribution in [0.4, 0.5) is 0 Å². The van der Waals surface area contributed by atoms with Crippen molar-refractivity contribution < 1.29 is 14.3 Å². The van der Waals surface area contributed by atoms with Gasteiger partial charge in [-0.05, 0) is 6.08 Å². The number of ether oxygens (including phenoxy) is 2. The Morgan fingerprint density at radius 1 is 1.88 bits per heavy atom. The first-order chi connectivity index (χ1) is 3.93. The van der Waals surface area contributed by atoms with E-state index in [2.05, 4.69) is 4.74 Å². The second-order valence-electron chi connectivity index (χ2n) is 1.33. The summed E-state index contributed by atoms with van der Waals surface area (Å²) in [5, 5.41) is 0. The highest BCUT2D eigenvalue weighted by atomic mass is 16.7. The van der Waals surface area contributed by atoms with Crippen LogP contribution in [-0.2, 0) is 14.3 Å². The summed E-state index contributed by atoms with van der Waals surface area (Å²) in [5.41, 5.74) is 0. The molecule has 0 spiro atoms. The second kappa shape index (κ2) is 2.47. The van der Waals surface area contributed by atoms with Crippen molar-refractivity contribution in [1.29, 1.82) is 0 Å². The van der Waals surface area contributed by atoms with Gasteiger partial charge in [-0.15, -0.1) is 0 Å². The summed E-state index contributed by atoms with van der Waals surface area (Å²) < 4.78 is 9.09. The lowest BCUT2D eigenvalue weighted by atomic mass is 10.6. The third-order valence-corrected chi connectivity index (χ3v) is 0.814. The van der Waals surface area contributed by atoms with Crippen molar-refractivity contribution in [3.63, 3.8) is 0 Å². The van der Waals surface area contributed by atoms with Gasteiger partial charge in [-0.25, -0.2) is 4.79 Å². The molecule has 1 aliphatic heterocycles. The van der Waals surface area contributed by atoms with Gasteiger partial charge in [-0.1, -0.05) is 6.08 Å². The number of carbonyl (C=O) groups excluding carboxylic acids is 1. The minimum atomic E-state index is -0.493. The molecule has 1 rings (SSSR count). The van der Waals surface area contributed by atoms with Crippen molar-refractivity contribution in [3.05, 3.63) is 12.2 Å². The van der Waals surface area contributed by atoms with Crippen LogP contribution >= 0.6 is 0 Å². The lowest BCUT2D eigenvalue weighted by Crippen LogP contribution is -2.07. The largest absolute Gasteiger partial charge is 0.423 e. The van der Waals surface area contributed by atoms with Gasteiger partial charge in [0, 0.05) is 0 Å². The average molecular weight is 113 g/mol. The molecule has 43 valence electrons. The van der Waals surface area contributed by atoms with E-state index in [4.69, 9.17) is 4.74 Å². The van der Waals surface area contributed by atoms with Crippen LogP contribution in [-0.4, -0.2) is 19.4 Å². The Morgan fingerprint density at radius 3 is 3.25 bits per heavy atom. The fourth-order valence-electron chi connectivity index (χ4n) is 0.493. The normalized spacial score (nSPS) is 25.8. The molecule has 0 aromatic heterocycles. The molecule has 3 nitrogen and oxygen atoms in total. The monoisotopic (exact) mass is 113 g/mol. The summed E-state index contributed by atoms with van der Waals surface area (Å²) >= 11 is 0. The molecule has 8 heavy (non-hydrogen) atoms. The fourth-order valence-corrected chi connectivity index (χ4v) is 0.493. The van der Waals surface area contributed by atoms with E-state index in [0.29, 0.717) is 6.61 Å². The standard InChI is InChI=1S/C5H5O3/c6-4-8-5-2-1-3-7-5/h1-2,5H,3H2. The van der Waals surface area contributed by atoms with Gasteiger partial charge in [-0.2, -0.15) is 0 Å². The minimum absolute atomic E-state index is 0.493. The fraction of sp³-hybridized carbons (Fsp3) is 0.400. The van der Waals surface area contributed by atoms with E-state index in [1.807, 2.05) is 0 Å². The van der Waals surface area contributed by atoms with E-state index in [1.54, 1.807) is 12.2 Å². The molecular weight excluding hydrogens is 108 g/mol. The molecule has 1 atom stereocenters. The molecule has 0 saturated heterocycles. The molecular formula is C5H5O3. The van der Waals surface area contributed by atoms with E-state index in [9.17, 15) is 4.79 Å². The summed E-state index contributed by atoms with van der Waals surface area (Å²) in [4.78, 5) is 9.50. The van der Waals surface area contributed by atoms with E-state index < -0.39 is 6.29 Å². The van der Waals surface area contributed by atoms with Crippen LogP contribution in [0.1, 0.15) is 0 Å². The van der Waals surface area contributed by atoms with Gasteiger partial charge in [0.1, 0.15) is 0 Å². The van der Waals surface area contributed by atoms with Crippen LogP contribution < -0.4 is 0 Å². The first-order valence-corrected chi connectivity index (χ1v) is 2.24. The maximum absolute atomic E-state index is 9.50. The summed E-state index contributed by atoms with van der Waals surface area (Å²) in [7, 11) is 0. The third kappa shape index (κ3) is 1.07. The highest BCUT2D eigenvalue weighted by molar-refractivity contribution is 5.38. The number of rotatable bonds is 2. The van der Waals surface area contributed by atoms with Gasteiger partial charge in [-0.3, -0.25) is 0 Å². The minimum Gasteiger partial charge on any atom is -0.423 e. The van der Waals surface area contributed by atoms with Crippen molar-refractivity contribution in [3.8, 4) is 0 Å². The molecule has 0 aromatic carbocycles. The summed E-state index contributed by atoms with van der Waals surface area (Å²) in [5.74, 6) is 0. The van der Waals surface area contributed by atoms with E-state index in [0.717, 1.165) is 0 Å². The zero-order valence-electron chi connectivity index (χ0n) is 4.16. The van der Waals surface area contributed by atoms with Crippen LogP contribution in [0.2, 0.25) is 0 Å². The number of hydrogen-bond acceptors (Lipinski definition) is 3. The molecule has 3 heteroatoms. The molecule has 1 heterocycles. The van der Waals surface area contributed by atoms with Crippen molar-refractivity contribution >= 4 is 6.47 Å². The van der Waals surface area contributed by atoms with Gasteiger partial charge in [0.15, 0.2) is 0 Å². The molecule has 0 bridgehead atoms. The molecule has 0 aliphatic carbocycles. The molecule has 1 unspecified atom stereocenters. The molecule has 0 amide bonds. The van der Waals surface area contributed by atoms with Crippen LogP contribution in [0.15, 0.2) is 12.2 Å². The zero-order valence-corrected chi connectivity index (χ0v) is 4.16. The predicted octanol–water partition coefficient (Wildman–Crippen LogP) is -0.0173. The van der Waals surface area contributed by atoms with Crippen molar-refractivity contribution in [2.75, 3.05) is 6.61 Å². The van der Waals surface area contributed by atoms with Crippen molar-refractivity contribution in [2.24, 2.45) is 0 Å². The van der Waals surface area contributed by atoms with E-state index in [-0.39, 0.29) is 0 Å². The predicted molar refractivity (Wildman–Crippen MR) is 25.7 cm³/mol. The summed E-state index contributed by atoms with van der Waals surface area (Å²) in [6.45, 7) is 1.80. The summed E-state index contributed by atoms with van der Waals surface area (Å²) in [6.07, 6.45) is 2.94. The lowest BCUT2D eigenvalue weighted by molar-refractivity contribution is -0.0293. The van der Waals surface area contributed by atoms with Crippen LogP contribution in [0.3, 0.4) is 0 Å². The topological polar surface area (TPSA) is 35.5 Å². The van der Waals surface area contributed by atoms with Gasteiger partial charge in [0.2, 0.25) is 6.29 Å². The van der Waals surface area contributed by atoms with Crippen LogP contribution in [0.25, 0.3) is 0 Å². The maximum Gasteiger partial charge on any atom is 0.420 e. The Kier molecular flexibility index (Phi) is 1.64. The van der Waals surface area contributed by atoms with Crippen LogP contribution in [0.5, 0.6) is 0 Å². The molecule has 0 fully saturated rings.